The number of hydrogen-bond acceptors (Lipinski definition) is 5. The Balaban J connectivity index is 2.17. The summed E-state index contributed by atoms with van der Waals surface area (Å²) in [7, 11) is 4.25. The molecule has 3 aromatic rings. The van der Waals surface area contributed by atoms with Crippen LogP contribution < -0.4 is 19.5 Å². The lowest BCUT2D eigenvalue weighted by Crippen LogP contribution is -2.38. The van der Waals surface area contributed by atoms with Gasteiger partial charge in [-0.3, -0.25) is 4.79 Å². The van der Waals surface area contributed by atoms with Gasteiger partial charge in [0.25, 0.3) is 5.91 Å². The first-order chi connectivity index (χ1) is 18.3. The van der Waals surface area contributed by atoms with Crippen molar-refractivity contribution in [3.05, 3.63) is 69.5 Å². The van der Waals surface area contributed by atoms with Crippen LogP contribution in [0, 0.1) is 18.6 Å². The van der Waals surface area contributed by atoms with Crippen LogP contribution in [0.15, 0.2) is 41.1 Å². The Bertz CT molecular complexity index is 1450. The van der Waals surface area contributed by atoms with Crippen molar-refractivity contribution in [2.24, 2.45) is 0 Å². The van der Waals surface area contributed by atoms with Crippen molar-refractivity contribution in [3.63, 3.8) is 0 Å². The molecule has 6 nitrogen and oxygen atoms in total. The number of nitrogens with zero attached hydrogens (tertiary/aromatic N) is 1. The summed E-state index contributed by atoms with van der Waals surface area (Å²) in [6, 6.07) is 3.48. The first kappa shape index (κ1) is 31.1. The Morgan fingerprint density at radius 1 is 0.925 bits per heavy atom. The Morgan fingerprint density at radius 2 is 1.52 bits per heavy atom. The standard InChI is InChI=1S/C22H16B3BrF8N2O4/c1-8-7-35-14(26)6-10(8)36-19(37)15-11(3-2-9(16(15)27)20(29,30)31)38-13-5-4-12(39-22(32,33)34)17(28)18(13)40-21(23,24)25/h2-7H,23-25H2,1H3,(H,35,36,37). The molecule has 18 heteroatoms. The first-order valence-electron chi connectivity index (χ1n) is 11.0. The highest BCUT2D eigenvalue weighted by atomic mass is 79.9. The molecule has 0 radical (unpaired) electrons. The fraction of sp³-hybridized carbons (Fsp3) is 0.182. The molecule has 0 aliphatic heterocycles. The van der Waals surface area contributed by atoms with Gasteiger partial charge in [0.15, 0.2) is 23.1 Å². The molecule has 40 heavy (non-hydrogen) atoms. The maximum Gasteiger partial charge on any atom is 0.573 e. The van der Waals surface area contributed by atoms with Gasteiger partial charge in [0, 0.05) is 17.2 Å². The van der Waals surface area contributed by atoms with Crippen LogP contribution in [0.2, 0.25) is 0 Å². The number of pyridine rings is 1. The minimum absolute atomic E-state index is 0.0612. The van der Waals surface area contributed by atoms with Crippen molar-refractivity contribution in [2.45, 2.75) is 24.8 Å². The number of benzene rings is 2. The molecule has 1 aromatic heterocycles. The third kappa shape index (κ3) is 7.61. The van der Waals surface area contributed by atoms with Gasteiger partial charge in [-0.05, 0) is 58.7 Å². The number of rotatable bonds is 7. The Labute approximate surface area is 232 Å². The van der Waals surface area contributed by atoms with E-state index in [9.17, 15) is 31.1 Å². The first-order valence-corrected chi connectivity index (χ1v) is 11.8. The van der Waals surface area contributed by atoms with Crippen molar-refractivity contribution in [1.82, 2.24) is 4.98 Å². The fourth-order valence-corrected chi connectivity index (χ4v) is 3.55. The number of nitrogens with one attached hydrogen (secondary N) is 1. The van der Waals surface area contributed by atoms with Gasteiger partial charge >= 0.3 is 12.5 Å². The molecule has 0 fully saturated rings. The number of amides is 1. The predicted octanol–water partition coefficient (Wildman–Crippen LogP) is 4.28. The van der Waals surface area contributed by atoms with E-state index in [0.29, 0.717) is 17.7 Å². The molecule has 0 unspecified atom stereocenters. The Hall–Kier alpha value is -3.43. The summed E-state index contributed by atoms with van der Waals surface area (Å²) in [6.07, 6.45) is -9.16. The van der Waals surface area contributed by atoms with E-state index in [1.165, 1.54) is 42.7 Å². The second-order valence-electron chi connectivity index (χ2n) is 9.14. The quantitative estimate of drug-likeness (QED) is 0.238. The lowest BCUT2D eigenvalue weighted by atomic mass is 9.52. The third-order valence-corrected chi connectivity index (χ3v) is 5.27. The molecule has 0 atom stereocenters. The SMILES string of the molecule is BC(B)(B)Oc1c(Oc2ccc(C(F)(F)F)c(F)c2C(=O)Nc2cc(Br)ncc2C)ccc(OC(F)(F)F)c1F. The summed E-state index contributed by atoms with van der Waals surface area (Å²) in [5.74, 6) is -8.79. The number of ether oxygens (including phenoxy) is 3. The smallest absolute Gasteiger partial charge is 0.508 e. The van der Waals surface area contributed by atoms with Crippen molar-refractivity contribution >= 4 is 51.1 Å². The second kappa shape index (κ2) is 11.2. The minimum Gasteiger partial charge on any atom is -0.508 e. The van der Waals surface area contributed by atoms with Crippen LogP contribution in [0.3, 0.4) is 0 Å². The molecule has 1 amide bonds. The van der Waals surface area contributed by atoms with E-state index in [1.807, 2.05) is 0 Å². The molecule has 1 N–H and O–H groups in total. The summed E-state index contributed by atoms with van der Waals surface area (Å²) in [4.78, 5) is 17.0. The number of aryl methyl sites for hydroxylation is 1. The van der Waals surface area contributed by atoms with E-state index in [1.54, 1.807) is 0 Å². The molecule has 3 rings (SSSR count). The van der Waals surface area contributed by atoms with Crippen LogP contribution in [0.5, 0.6) is 23.0 Å². The van der Waals surface area contributed by atoms with E-state index in [4.69, 9.17) is 9.47 Å². The number of anilines is 1. The zero-order valence-corrected chi connectivity index (χ0v) is 22.5. The highest BCUT2D eigenvalue weighted by Gasteiger charge is 2.38. The summed E-state index contributed by atoms with van der Waals surface area (Å²) >= 11 is 3.08. The van der Waals surface area contributed by atoms with Gasteiger partial charge in [0.1, 0.15) is 39.5 Å². The third-order valence-electron chi connectivity index (χ3n) is 4.83. The van der Waals surface area contributed by atoms with Crippen molar-refractivity contribution < 1.29 is 54.1 Å². The van der Waals surface area contributed by atoms with E-state index in [-0.39, 0.29) is 16.4 Å². The van der Waals surface area contributed by atoms with Gasteiger partial charge in [0.05, 0.1) is 5.56 Å². The van der Waals surface area contributed by atoms with E-state index in [0.717, 1.165) is 6.07 Å². The fourth-order valence-electron chi connectivity index (χ4n) is 3.22. The zero-order valence-electron chi connectivity index (χ0n) is 20.9. The largest absolute Gasteiger partial charge is 0.573 e. The van der Waals surface area contributed by atoms with Gasteiger partial charge in [-0.1, -0.05) is 0 Å². The van der Waals surface area contributed by atoms with E-state index < -0.39 is 69.5 Å². The van der Waals surface area contributed by atoms with E-state index >= 15 is 8.78 Å². The molecule has 0 bridgehead atoms. The van der Waals surface area contributed by atoms with Gasteiger partial charge < -0.3 is 19.5 Å². The molecule has 0 spiro atoms. The maximum atomic E-state index is 15.2. The summed E-state index contributed by atoms with van der Waals surface area (Å²) < 4.78 is 124. The van der Waals surface area contributed by atoms with Crippen molar-refractivity contribution in [2.75, 3.05) is 5.32 Å². The number of hydrogen-bond donors (Lipinski definition) is 1. The second-order valence-corrected chi connectivity index (χ2v) is 9.96. The molecule has 210 valence electrons. The average molecular weight is 637 g/mol. The molecule has 2 aromatic carbocycles. The molecular formula is C22H16B3BrF8N2O4. The van der Waals surface area contributed by atoms with Crippen LogP contribution in [0.4, 0.5) is 40.8 Å². The lowest BCUT2D eigenvalue weighted by molar-refractivity contribution is -0.275. The number of aromatic nitrogens is 1. The van der Waals surface area contributed by atoms with Crippen LogP contribution in [0.1, 0.15) is 21.5 Å². The molecule has 0 saturated carbocycles. The number of halogens is 9. The average Bonchev–Trinajstić information content (AvgIpc) is 2.78. The number of carbonyl (C=O) groups excluding carboxylic acids is 1. The molecular weight excluding hydrogens is 621 g/mol. The molecule has 1 heterocycles. The van der Waals surface area contributed by atoms with Crippen LogP contribution in [-0.2, 0) is 6.18 Å². The highest BCUT2D eigenvalue weighted by Crippen LogP contribution is 2.43. The van der Waals surface area contributed by atoms with Gasteiger partial charge in [0.2, 0.25) is 5.82 Å². The van der Waals surface area contributed by atoms with Gasteiger partial charge in [-0.2, -0.15) is 17.6 Å². The topological polar surface area (TPSA) is 69.7 Å². The molecule has 0 saturated heterocycles. The predicted molar refractivity (Wildman–Crippen MR) is 138 cm³/mol. The molecule has 0 aliphatic carbocycles. The highest BCUT2D eigenvalue weighted by molar-refractivity contribution is 9.10. The normalized spacial score (nSPS) is 12.2. The van der Waals surface area contributed by atoms with Crippen LogP contribution in [0.25, 0.3) is 0 Å². The van der Waals surface area contributed by atoms with Crippen LogP contribution in [-0.4, -0.2) is 46.1 Å². The molecule has 0 aliphatic rings. The number of carbonyl (C=O) groups is 1. The monoisotopic (exact) mass is 636 g/mol. The summed E-state index contributed by atoms with van der Waals surface area (Å²) in [5.41, 5.74) is -2.59. The minimum atomic E-state index is -5.27. The van der Waals surface area contributed by atoms with Gasteiger partial charge in [-0.15, -0.1) is 13.2 Å². The summed E-state index contributed by atoms with van der Waals surface area (Å²) in [6.45, 7) is 1.51. The Kier molecular flexibility index (Phi) is 8.72. The zero-order chi connectivity index (χ0) is 30.2. The van der Waals surface area contributed by atoms with Crippen molar-refractivity contribution in [3.8, 4) is 23.0 Å². The number of alkyl halides is 6. The maximum absolute atomic E-state index is 15.2. The Morgan fingerprint density at radius 3 is 2.10 bits per heavy atom. The lowest BCUT2D eigenvalue weighted by Gasteiger charge is -2.25. The van der Waals surface area contributed by atoms with Crippen molar-refractivity contribution in [1.29, 1.82) is 0 Å². The summed E-state index contributed by atoms with van der Waals surface area (Å²) in [5, 5.41) is 1.04. The van der Waals surface area contributed by atoms with Gasteiger partial charge in [-0.25, -0.2) is 9.37 Å². The van der Waals surface area contributed by atoms with Crippen LogP contribution >= 0.6 is 15.9 Å². The van der Waals surface area contributed by atoms with E-state index in [2.05, 4.69) is 31.0 Å².